The Labute approximate surface area is 180 Å². The molecule has 1 saturated heterocycles. The number of aliphatic hydroxyl groups is 1. The minimum Gasteiger partial charge on any atom is -0.443 e. The van der Waals surface area contributed by atoms with Gasteiger partial charge in [-0.05, 0) is 33.3 Å². The van der Waals surface area contributed by atoms with E-state index < -0.39 is 47.7 Å². The number of fused-ring (bicyclic) bond motifs is 1. The number of aliphatic hydroxyl groups excluding tert-OH is 1. The zero-order valence-corrected chi connectivity index (χ0v) is 18.6. The first kappa shape index (κ1) is 23.0. The van der Waals surface area contributed by atoms with Crippen LogP contribution in [0.15, 0.2) is 35.3 Å². The maximum absolute atomic E-state index is 15.5. The second-order valence-electron chi connectivity index (χ2n) is 8.47. The number of alkyl halides is 1. The monoisotopic (exact) mass is 440 g/mol. The van der Waals surface area contributed by atoms with Gasteiger partial charge in [0.05, 0.1) is 12.7 Å². The van der Waals surface area contributed by atoms with Gasteiger partial charge >= 0.3 is 6.09 Å². The number of ether oxygens (including phenoxy) is 3. The predicted molar refractivity (Wildman–Crippen MR) is 113 cm³/mol. The Morgan fingerprint density at radius 1 is 1.37 bits per heavy atom. The predicted octanol–water partition coefficient (Wildman–Crippen LogP) is 3.35. The van der Waals surface area contributed by atoms with Gasteiger partial charge in [0.2, 0.25) is 0 Å². The lowest BCUT2D eigenvalue weighted by atomic mass is 9.96. The van der Waals surface area contributed by atoms with Gasteiger partial charge in [-0.1, -0.05) is 42.1 Å². The highest BCUT2D eigenvalue weighted by atomic mass is 32.2. The molecule has 2 heterocycles. The number of hydrogen-bond acceptors (Lipinski definition) is 7. The van der Waals surface area contributed by atoms with Crippen molar-refractivity contribution in [2.75, 3.05) is 7.05 Å². The minimum absolute atomic E-state index is 0.192. The summed E-state index contributed by atoms with van der Waals surface area (Å²) in [6, 6.07) is 8.57. The molecule has 3 rings (SSSR count). The number of aliphatic imine (C=N–C) groups is 1. The molecular weight excluding hydrogens is 411 g/mol. The van der Waals surface area contributed by atoms with Gasteiger partial charge < -0.3 is 19.3 Å². The van der Waals surface area contributed by atoms with Crippen LogP contribution in [0, 0.1) is 0 Å². The van der Waals surface area contributed by atoms with E-state index in [1.54, 1.807) is 27.7 Å². The van der Waals surface area contributed by atoms with Crippen LogP contribution in [0.1, 0.15) is 33.3 Å². The summed E-state index contributed by atoms with van der Waals surface area (Å²) in [7, 11) is 1.53. The molecule has 0 aliphatic carbocycles. The summed E-state index contributed by atoms with van der Waals surface area (Å²) in [4.78, 5) is 18.0. The molecule has 6 atom stereocenters. The molecule has 2 aliphatic rings. The van der Waals surface area contributed by atoms with E-state index >= 15 is 4.39 Å². The van der Waals surface area contributed by atoms with Gasteiger partial charge in [-0.25, -0.2) is 9.18 Å². The van der Waals surface area contributed by atoms with Gasteiger partial charge in [0.25, 0.3) is 0 Å². The van der Waals surface area contributed by atoms with Crippen LogP contribution in [0.2, 0.25) is 0 Å². The Hall–Kier alpha value is -1.68. The highest BCUT2D eigenvalue weighted by molar-refractivity contribution is 8.14. The molecular formula is C21H29FN2O5S. The lowest BCUT2D eigenvalue weighted by Gasteiger charge is -2.40. The average molecular weight is 441 g/mol. The molecule has 0 aromatic heterocycles. The number of halogens is 1. The van der Waals surface area contributed by atoms with E-state index in [0.717, 1.165) is 17.3 Å². The first-order valence-electron chi connectivity index (χ1n) is 9.91. The Bertz CT molecular complexity index is 770. The quantitative estimate of drug-likeness (QED) is 0.773. The molecule has 1 aromatic rings. The number of amidine groups is 1. The summed E-state index contributed by atoms with van der Waals surface area (Å²) in [6.45, 7) is 7.04. The molecule has 0 bridgehead atoms. The molecule has 0 saturated carbocycles. The third kappa shape index (κ3) is 5.32. The zero-order valence-electron chi connectivity index (χ0n) is 17.8. The van der Waals surface area contributed by atoms with Crippen molar-refractivity contribution in [3.8, 4) is 0 Å². The number of thioether (sulfide) groups is 1. The van der Waals surface area contributed by atoms with Crippen LogP contribution >= 0.6 is 11.8 Å². The van der Waals surface area contributed by atoms with Crippen LogP contribution in [-0.4, -0.2) is 69.9 Å². The van der Waals surface area contributed by atoms with Crippen molar-refractivity contribution in [1.82, 2.24) is 4.90 Å². The van der Waals surface area contributed by atoms with E-state index in [1.807, 2.05) is 30.3 Å². The fourth-order valence-corrected chi connectivity index (χ4v) is 4.40. The Morgan fingerprint density at radius 3 is 2.63 bits per heavy atom. The molecule has 9 heteroatoms. The second-order valence-corrected chi connectivity index (χ2v) is 9.54. The topological polar surface area (TPSA) is 80.6 Å². The number of rotatable bonds is 4. The number of carbonyl (C=O) groups is 1. The average Bonchev–Trinajstić information content (AvgIpc) is 3.10. The molecule has 1 unspecified atom stereocenters. The highest BCUT2D eigenvalue weighted by Crippen LogP contribution is 2.40. The first-order valence-corrected chi connectivity index (χ1v) is 10.8. The van der Waals surface area contributed by atoms with Gasteiger partial charge in [0, 0.05) is 7.05 Å². The molecule has 1 aromatic carbocycles. The standard InChI is InChI=1S/C21H29FN2O5S/c1-12(25)16-17(27-11-13-9-7-6-8-10-13)14(22)15-18(28-16)30-19(23-15)24(5)20(26)29-21(2,3)4/h6-10,12,14-18,25H,11H2,1-5H3/t12?,14-,15-,16-,17+,18-/m1/s1. The van der Waals surface area contributed by atoms with E-state index in [2.05, 4.69) is 4.99 Å². The summed E-state index contributed by atoms with van der Waals surface area (Å²) < 4.78 is 32.6. The van der Waals surface area contributed by atoms with Gasteiger partial charge in [-0.3, -0.25) is 9.89 Å². The largest absolute Gasteiger partial charge is 0.443 e. The molecule has 1 fully saturated rings. The summed E-state index contributed by atoms with van der Waals surface area (Å²) in [5, 5.41) is 10.5. The lowest BCUT2D eigenvalue weighted by Crippen LogP contribution is -2.57. The molecule has 7 nitrogen and oxygen atoms in total. The number of benzene rings is 1. The van der Waals surface area contributed by atoms with Crippen LogP contribution < -0.4 is 0 Å². The van der Waals surface area contributed by atoms with Crippen molar-refractivity contribution < 1.29 is 28.5 Å². The highest BCUT2D eigenvalue weighted by Gasteiger charge is 2.52. The smallest absolute Gasteiger partial charge is 0.416 e. The third-order valence-electron chi connectivity index (χ3n) is 4.73. The van der Waals surface area contributed by atoms with Gasteiger partial charge in [0.1, 0.15) is 29.3 Å². The van der Waals surface area contributed by atoms with Crippen molar-refractivity contribution in [3.05, 3.63) is 35.9 Å². The summed E-state index contributed by atoms with van der Waals surface area (Å²) in [5.74, 6) is 0. The van der Waals surface area contributed by atoms with E-state index in [1.165, 1.54) is 11.9 Å². The van der Waals surface area contributed by atoms with Gasteiger partial charge in [0.15, 0.2) is 11.3 Å². The van der Waals surface area contributed by atoms with Crippen molar-refractivity contribution >= 4 is 23.0 Å². The van der Waals surface area contributed by atoms with E-state index in [0.29, 0.717) is 5.17 Å². The summed E-state index contributed by atoms with van der Waals surface area (Å²) >= 11 is 1.14. The van der Waals surface area contributed by atoms with Crippen LogP contribution in [0.4, 0.5) is 9.18 Å². The molecule has 0 spiro atoms. The molecule has 1 amide bonds. The fraction of sp³-hybridized carbons (Fsp3) is 0.619. The van der Waals surface area contributed by atoms with Crippen LogP contribution in [0.3, 0.4) is 0 Å². The van der Waals surface area contributed by atoms with Crippen molar-refractivity contribution in [3.63, 3.8) is 0 Å². The van der Waals surface area contributed by atoms with Gasteiger partial charge in [-0.15, -0.1) is 0 Å². The van der Waals surface area contributed by atoms with Crippen molar-refractivity contribution in [1.29, 1.82) is 0 Å². The molecule has 166 valence electrons. The number of carbonyl (C=O) groups excluding carboxylic acids is 1. The zero-order chi connectivity index (χ0) is 22.1. The van der Waals surface area contributed by atoms with Gasteiger partial charge in [-0.2, -0.15) is 0 Å². The molecule has 1 N–H and O–H groups in total. The number of nitrogens with zero attached hydrogens (tertiary/aromatic N) is 2. The van der Waals surface area contributed by atoms with E-state index in [9.17, 15) is 9.90 Å². The Balaban J connectivity index is 1.73. The van der Waals surface area contributed by atoms with Crippen LogP contribution in [0.5, 0.6) is 0 Å². The SMILES string of the molecule is CC(O)[C@H]1O[C@@H]2SC(N(C)C(=O)OC(C)(C)C)=N[C@@H]2[C@@H](F)[C@@H]1OCc1ccccc1. The first-order chi connectivity index (χ1) is 14.1. The third-order valence-corrected chi connectivity index (χ3v) is 5.94. The normalized spacial score (nSPS) is 29.7. The van der Waals surface area contributed by atoms with E-state index in [-0.39, 0.29) is 6.61 Å². The summed E-state index contributed by atoms with van der Waals surface area (Å²) in [6.07, 6.45) is -4.84. The molecule has 2 aliphatic heterocycles. The van der Waals surface area contributed by atoms with Crippen LogP contribution in [-0.2, 0) is 20.8 Å². The number of hydrogen-bond donors (Lipinski definition) is 1. The van der Waals surface area contributed by atoms with E-state index in [4.69, 9.17) is 14.2 Å². The van der Waals surface area contributed by atoms with Crippen molar-refractivity contribution in [2.24, 2.45) is 4.99 Å². The fourth-order valence-electron chi connectivity index (χ4n) is 3.25. The second kappa shape index (κ2) is 9.21. The maximum atomic E-state index is 15.5. The Morgan fingerprint density at radius 2 is 2.03 bits per heavy atom. The van der Waals surface area contributed by atoms with Crippen molar-refractivity contribution in [2.45, 2.75) is 75.9 Å². The maximum Gasteiger partial charge on any atom is 0.416 e. The minimum atomic E-state index is -1.50. The summed E-state index contributed by atoms with van der Waals surface area (Å²) in [5.41, 5.74) is -0.420. The van der Waals surface area contributed by atoms with Crippen LogP contribution in [0.25, 0.3) is 0 Å². The Kier molecular flexibility index (Phi) is 7.06. The number of amides is 1. The molecule has 0 radical (unpaired) electrons. The molecule has 30 heavy (non-hydrogen) atoms. The lowest BCUT2D eigenvalue weighted by molar-refractivity contribution is -0.188.